The van der Waals surface area contributed by atoms with Crippen molar-refractivity contribution in [1.82, 2.24) is 15.2 Å². The molecular formula is C23H29F2N3O4. The number of hydrogen-bond acceptors (Lipinski definition) is 5. The number of nitrogens with zero attached hydrogens (tertiary/aromatic N) is 2. The molecule has 0 spiro atoms. The number of rotatable bonds is 9. The smallest absolute Gasteiger partial charge is 0.410 e. The van der Waals surface area contributed by atoms with Crippen molar-refractivity contribution in [3.05, 3.63) is 59.9 Å². The Balaban J connectivity index is 1.85. The van der Waals surface area contributed by atoms with Crippen molar-refractivity contribution in [1.29, 1.82) is 0 Å². The lowest BCUT2D eigenvalue weighted by molar-refractivity contribution is -0.127. The minimum absolute atomic E-state index is 0.0547. The lowest BCUT2D eigenvalue weighted by Crippen LogP contribution is -2.40. The van der Waals surface area contributed by atoms with Gasteiger partial charge in [-0.1, -0.05) is 6.07 Å². The highest BCUT2D eigenvalue weighted by molar-refractivity contribution is 5.80. The maximum Gasteiger partial charge on any atom is 0.410 e. The molecule has 1 N–H and O–H groups in total. The molecule has 0 radical (unpaired) electrons. The van der Waals surface area contributed by atoms with E-state index in [2.05, 4.69) is 10.3 Å². The topological polar surface area (TPSA) is 80.8 Å². The van der Waals surface area contributed by atoms with Gasteiger partial charge in [0, 0.05) is 31.5 Å². The molecule has 0 aliphatic heterocycles. The van der Waals surface area contributed by atoms with Crippen LogP contribution in [0, 0.1) is 11.6 Å². The molecule has 0 saturated carbocycles. The fraction of sp³-hybridized carbons (Fsp3) is 0.435. The number of pyridine rings is 1. The first kappa shape index (κ1) is 25.0. The second kappa shape index (κ2) is 11.4. The molecule has 1 aromatic heterocycles. The van der Waals surface area contributed by atoms with Crippen LogP contribution in [0.3, 0.4) is 0 Å². The Labute approximate surface area is 186 Å². The molecule has 2 amide bonds. The first-order valence-corrected chi connectivity index (χ1v) is 10.3. The summed E-state index contributed by atoms with van der Waals surface area (Å²) in [5.74, 6) is -2.40. The third-order valence-corrected chi connectivity index (χ3v) is 4.23. The average molecular weight is 449 g/mol. The highest BCUT2D eigenvalue weighted by atomic mass is 19.2. The largest absolute Gasteiger partial charge is 0.481 e. The van der Waals surface area contributed by atoms with E-state index in [4.69, 9.17) is 9.47 Å². The number of ether oxygens (including phenoxy) is 2. The van der Waals surface area contributed by atoms with Crippen LogP contribution in [0.1, 0.15) is 39.7 Å². The molecule has 7 nitrogen and oxygen atoms in total. The molecule has 2 aromatic rings. The first-order valence-electron chi connectivity index (χ1n) is 10.3. The van der Waals surface area contributed by atoms with Crippen LogP contribution in [0.5, 0.6) is 5.75 Å². The lowest BCUT2D eigenvalue weighted by Gasteiger charge is -2.27. The van der Waals surface area contributed by atoms with E-state index in [1.807, 2.05) is 6.07 Å². The number of halogens is 2. The molecule has 0 fully saturated rings. The molecule has 2 rings (SSSR count). The number of carbonyl (C=O) groups excluding carboxylic acids is 2. The van der Waals surface area contributed by atoms with Gasteiger partial charge in [-0.05, 0) is 57.9 Å². The standard InChI is InChI=1S/C23H29F2N3O4/c1-16(31-18-8-9-19(24)20(25)13-18)21(29)27-11-6-12-28(22(30)32-23(2,3)4)15-17-7-5-10-26-14-17/h5,7-10,13-14,16H,6,11-12,15H2,1-4H3,(H,27,29). The molecule has 1 unspecified atom stereocenters. The minimum atomic E-state index is -1.05. The van der Waals surface area contributed by atoms with Crippen molar-refractivity contribution < 1.29 is 27.8 Å². The fourth-order valence-electron chi connectivity index (χ4n) is 2.71. The van der Waals surface area contributed by atoms with Crippen LogP contribution < -0.4 is 10.1 Å². The van der Waals surface area contributed by atoms with Gasteiger partial charge >= 0.3 is 6.09 Å². The van der Waals surface area contributed by atoms with Crippen LogP contribution in [-0.2, 0) is 16.1 Å². The van der Waals surface area contributed by atoms with Crippen LogP contribution in [-0.4, -0.2) is 46.7 Å². The van der Waals surface area contributed by atoms with E-state index >= 15 is 0 Å². The van der Waals surface area contributed by atoms with Crippen molar-refractivity contribution in [3.8, 4) is 5.75 Å². The molecule has 1 heterocycles. The molecule has 174 valence electrons. The highest BCUT2D eigenvalue weighted by Gasteiger charge is 2.22. The molecule has 0 bridgehead atoms. The van der Waals surface area contributed by atoms with E-state index in [9.17, 15) is 18.4 Å². The number of hydrogen-bond donors (Lipinski definition) is 1. The summed E-state index contributed by atoms with van der Waals surface area (Å²) in [6.07, 6.45) is 2.44. The number of nitrogens with one attached hydrogen (secondary N) is 1. The summed E-state index contributed by atoms with van der Waals surface area (Å²) < 4.78 is 37.1. The van der Waals surface area contributed by atoms with Crippen molar-refractivity contribution >= 4 is 12.0 Å². The summed E-state index contributed by atoms with van der Waals surface area (Å²) in [6.45, 7) is 7.85. The van der Waals surface area contributed by atoms with E-state index in [1.165, 1.54) is 13.0 Å². The average Bonchev–Trinajstić information content (AvgIpc) is 2.72. The predicted octanol–water partition coefficient (Wildman–Crippen LogP) is 4.07. The van der Waals surface area contributed by atoms with Crippen molar-refractivity contribution in [3.63, 3.8) is 0 Å². The van der Waals surface area contributed by atoms with Gasteiger partial charge in [-0.15, -0.1) is 0 Å². The van der Waals surface area contributed by atoms with Crippen LogP contribution in [0.15, 0.2) is 42.7 Å². The van der Waals surface area contributed by atoms with E-state index in [-0.39, 0.29) is 12.3 Å². The van der Waals surface area contributed by atoms with Crippen molar-refractivity contribution in [2.45, 2.75) is 52.4 Å². The normalized spacial score (nSPS) is 12.1. The monoisotopic (exact) mass is 449 g/mol. The second-order valence-corrected chi connectivity index (χ2v) is 8.24. The highest BCUT2D eigenvalue weighted by Crippen LogP contribution is 2.17. The zero-order chi connectivity index (χ0) is 23.7. The van der Waals surface area contributed by atoms with Gasteiger partial charge in [-0.25, -0.2) is 13.6 Å². The van der Waals surface area contributed by atoms with E-state index < -0.39 is 35.3 Å². The second-order valence-electron chi connectivity index (χ2n) is 8.24. The minimum Gasteiger partial charge on any atom is -0.481 e. The summed E-state index contributed by atoms with van der Waals surface area (Å²) in [7, 11) is 0. The first-order chi connectivity index (χ1) is 15.0. The summed E-state index contributed by atoms with van der Waals surface area (Å²) in [6, 6.07) is 6.72. The molecule has 9 heteroatoms. The third-order valence-electron chi connectivity index (χ3n) is 4.23. The van der Waals surface area contributed by atoms with Gasteiger partial charge in [0.1, 0.15) is 11.4 Å². The lowest BCUT2D eigenvalue weighted by atomic mass is 10.2. The summed E-state index contributed by atoms with van der Waals surface area (Å²) in [5, 5.41) is 2.71. The number of carbonyl (C=O) groups is 2. The molecule has 0 aliphatic carbocycles. The van der Waals surface area contributed by atoms with Crippen LogP contribution in [0.2, 0.25) is 0 Å². The summed E-state index contributed by atoms with van der Waals surface area (Å²) in [5.41, 5.74) is 0.224. The molecule has 1 aromatic carbocycles. The zero-order valence-electron chi connectivity index (χ0n) is 18.7. The van der Waals surface area contributed by atoms with Gasteiger partial charge in [0.25, 0.3) is 5.91 Å². The molecule has 32 heavy (non-hydrogen) atoms. The Kier molecular flexibility index (Phi) is 8.92. The fourth-order valence-corrected chi connectivity index (χ4v) is 2.71. The Morgan fingerprint density at radius 1 is 1.19 bits per heavy atom. The van der Waals surface area contributed by atoms with Gasteiger partial charge in [0.15, 0.2) is 17.7 Å². The van der Waals surface area contributed by atoms with Crippen LogP contribution in [0.4, 0.5) is 13.6 Å². The predicted molar refractivity (Wildman–Crippen MR) is 115 cm³/mol. The number of amides is 2. The van der Waals surface area contributed by atoms with Gasteiger partial charge in [-0.2, -0.15) is 0 Å². The Morgan fingerprint density at radius 3 is 2.56 bits per heavy atom. The Bertz CT molecular complexity index is 904. The summed E-state index contributed by atoms with van der Waals surface area (Å²) >= 11 is 0. The van der Waals surface area contributed by atoms with Gasteiger partial charge in [0.2, 0.25) is 0 Å². The van der Waals surface area contributed by atoms with E-state index in [0.717, 1.165) is 17.7 Å². The van der Waals surface area contributed by atoms with E-state index in [1.54, 1.807) is 44.1 Å². The van der Waals surface area contributed by atoms with Crippen molar-refractivity contribution in [2.24, 2.45) is 0 Å². The maximum atomic E-state index is 13.3. The Hall–Kier alpha value is -3.23. The quantitative estimate of drug-likeness (QED) is 0.584. The van der Waals surface area contributed by atoms with Crippen molar-refractivity contribution in [2.75, 3.05) is 13.1 Å². The zero-order valence-corrected chi connectivity index (χ0v) is 18.7. The Morgan fingerprint density at radius 2 is 1.94 bits per heavy atom. The third kappa shape index (κ3) is 8.49. The van der Waals surface area contributed by atoms with Crippen LogP contribution >= 0.6 is 0 Å². The summed E-state index contributed by atoms with van der Waals surface area (Å²) in [4.78, 5) is 30.4. The number of aromatic nitrogens is 1. The maximum absolute atomic E-state index is 13.3. The van der Waals surface area contributed by atoms with E-state index in [0.29, 0.717) is 19.5 Å². The van der Waals surface area contributed by atoms with Gasteiger partial charge < -0.3 is 19.7 Å². The van der Waals surface area contributed by atoms with Crippen LogP contribution in [0.25, 0.3) is 0 Å². The van der Waals surface area contributed by atoms with Gasteiger partial charge in [-0.3, -0.25) is 9.78 Å². The van der Waals surface area contributed by atoms with Gasteiger partial charge in [0.05, 0.1) is 6.54 Å². The number of benzene rings is 1. The molecule has 0 saturated heterocycles. The molecule has 1 atom stereocenters. The SMILES string of the molecule is CC(Oc1ccc(F)c(F)c1)C(=O)NCCCN(Cc1cccnc1)C(=O)OC(C)(C)C. The molecule has 0 aliphatic rings. The molecular weight excluding hydrogens is 420 g/mol.